The first-order chi connectivity index (χ1) is 6.94. The molecule has 0 aromatic carbocycles. The number of rotatable bonds is 7. The van der Waals surface area contributed by atoms with E-state index in [9.17, 15) is 13.2 Å². The molecular weight excluding hydrogens is 220 g/mol. The van der Waals surface area contributed by atoms with Crippen molar-refractivity contribution in [3.8, 4) is 0 Å². The van der Waals surface area contributed by atoms with Gasteiger partial charge in [0.25, 0.3) is 0 Å². The van der Waals surface area contributed by atoms with E-state index in [2.05, 4.69) is 5.32 Å². The Morgan fingerprint density at radius 3 is 2.53 bits per heavy atom. The Kier molecular flexibility index (Phi) is 6.46. The van der Waals surface area contributed by atoms with Gasteiger partial charge in [0.1, 0.15) is 0 Å². The molecule has 0 bridgehead atoms. The summed E-state index contributed by atoms with van der Waals surface area (Å²) in [6.45, 7) is 1.80. The Bertz CT molecular complexity index is 289. The van der Waals surface area contributed by atoms with E-state index in [1.165, 1.54) is 7.05 Å². The summed E-state index contributed by atoms with van der Waals surface area (Å²) in [6.07, 6.45) is 0.804. The highest BCUT2D eigenvalue weighted by atomic mass is 32.2. The highest BCUT2D eigenvalue weighted by molar-refractivity contribution is 7.89. The smallest absolute Gasteiger partial charge is 0.235 e. The minimum absolute atomic E-state index is 0.206. The number of amides is 1. The molecule has 0 aliphatic heterocycles. The quantitative estimate of drug-likeness (QED) is 0.581. The first-order valence-corrected chi connectivity index (χ1v) is 6.36. The molecule has 6 nitrogen and oxygen atoms in total. The fourth-order valence-corrected chi connectivity index (χ4v) is 1.75. The summed E-state index contributed by atoms with van der Waals surface area (Å²) in [4.78, 5) is 11.2. The van der Waals surface area contributed by atoms with Crippen LogP contribution in [0.3, 0.4) is 0 Å². The molecule has 0 aromatic heterocycles. The van der Waals surface area contributed by atoms with E-state index in [0.717, 1.165) is 10.7 Å². The summed E-state index contributed by atoms with van der Waals surface area (Å²) in [5.41, 5.74) is 0. The van der Waals surface area contributed by atoms with Gasteiger partial charge in [-0.2, -0.15) is 4.31 Å². The second-order valence-electron chi connectivity index (χ2n) is 3.15. The van der Waals surface area contributed by atoms with Crippen molar-refractivity contribution in [1.29, 1.82) is 0 Å². The molecule has 0 radical (unpaired) electrons. The average molecular weight is 238 g/mol. The van der Waals surface area contributed by atoms with E-state index in [0.29, 0.717) is 6.54 Å². The van der Waals surface area contributed by atoms with Crippen LogP contribution in [0.2, 0.25) is 0 Å². The van der Waals surface area contributed by atoms with Gasteiger partial charge in [-0.1, -0.05) is 6.92 Å². The van der Waals surface area contributed by atoms with Gasteiger partial charge in [0.05, 0.1) is 18.9 Å². The van der Waals surface area contributed by atoms with Crippen molar-refractivity contribution in [1.82, 2.24) is 9.62 Å². The Labute approximate surface area is 90.3 Å². The number of aliphatic hydroxyl groups is 1. The molecule has 90 valence electrons. The lowest BCUT2D eigenvalue weighted by atomic mass is 10.4. The van der Waals surface area contributed by atoms with Gasteiger partial charge in [-0.3, -0.25) is 4.79 Å². The van der Waals surface area contributed by atoms with Crippen LogP contribution in [-0.4, -0.2) is 56.2 Å². The van der Waals surface area contributed by atoms with Crippen LogP contribution in [0.5, 0.6) is 0 Å². The van der Waals surface area contributed by atoms with Gasteiger partial charge in [0.15, 0.2) is 0 Å². The fraction of sp³-hybridized carbons (Fsp3) is 0.875. The van der Waals surface area contributed by atoms with Crippen molar-refractivity contribution in [3.63, 3.8) is 0 Å². The normalized spacial score (nSPS) is 11.7. The number of carbonyl (C=O) groups excluding carboxylic acids is 1. The molecule has 1 amide bonds. The standard InChI is InChI=1S/C8H18N2O4S/c1-3-4-9-8(12)7-10(2)15(13,14)6-5-11/h11H,3-7H2,1-2H3,(H,9,12). The van der Waals surface area contributed by atoms with E-state index in [1.807, 2.05) is 6.92 Å². The van der Waals surface area contributed by atoms with Gasteiger partial charge in [0.2, 0.25) is 15.9 Å². The maximum Gasteiger partial charge on any atom is 0.235 e. The van der Waals surface area contributed by atoms with E-state index < -0.39 is 16.6 Å². The molecule has 0 aliphatic rings. The molecule has 0 saturated carbocycles. The number of nitrogens with one attached hydrogen (secondary N) is 1. The zero-order chi connectivity index (χ0) is 11.9. The predicted molar refractivity (Wildman–Crippen MR) is 56.8 cm³/mol. The first kappa shape index (κ1) is 14.3. The van der Waals surface area contributed by atoms with E-state index in [-0.39, 0.29) is 18.2 Å². The number of hydrogen-bond donors (Lipinski definition) is 2. The Morgan fingerprint density at radius 2 is 2.07 bits per heavy atom. The molecule has 0 aromatic rings. The topological polar surface area (TPSA) is 86.7 Å². The molecule has 0 rings (SSSR count). The van der Waals surface area contributed by atoms with Gasteiger partial charge in [-0.05, 0) is 6.42 Å². The number of likely N-dealkylation sites (N-methyl/N-ethyl adjacent to an activating group) is 1. The van der Waals surface area contributed by atoms with Gasteiger partial charge in [-0.15, -0.1) is 0 Å². The number of carbonyl (C=O) groups is 1. The summed E-state index contributed by atoms with van der Waals surface area (Å²) < 4.78 is 23.6. The van der Waals surface area contributed by atoms with Crippen LogP contribution in [-0.2, 0) is 14.8 Å². The lowest BCUT2D eigenvalue weighted by Crippen LogP contribution is -2.39. The van der Waals surface area contributed by atoms with Gasteiger partial charge >= 0.3 is 0 Å². The zero-order valence-electron chi connectivity index (χ0n) is 9.06. The molecule has 15 heavy (non-hydrogen) atoms. The lowest BCUT2D eigenvalue weighted by Gasteiger charge is -2.15. The average Bonchev–Trinajstić information content (AvgIpc) is 2.14. The maximum atomic E-state index is 11.3. The lowest BCUT2D eigenvalue weighted by molar-refractivity contribution is -0.121. The third-order valence-corrected chi connectivity index (χ3v) is 3.54. The fourth-order valence-electron chi connectivity index (χ4n) is 0.892. The minimum Gasteiger partial charge on any atom is -0.395 e. The van der Waals surface area contributed by atoms with Crippen LogP contribution in [0.1, 0.15) is 13.3 Å². The Morgan fingerprint density at radius 1 is 1.47 bits per heavy atom. The van der Waals surface area contributed by atoms with Gasteiger partial charge in [0, 0.05) is 13.6 Å². The molecule has 0 unspecified atom stereocenters. The van der Waals surface area contributed by atoms with Crippen molar-refractivity contribution in [2.45, 2.75) is 13.3 Å². The second kappa shape index (κ2) is 6.76. The number of nitrogens with zero attached hydrogens (tertiary/aromatic N) is 1. The summed E-state index contributed by atoms with van der Waals surface area (Å²) in [7, 11) is -2.19. The molecule has 0 heterocycles. The van der Waals surface area contributed by atoms with Crippen molar-refractivity contribution in [2.75, 3.05) is 32.5 Å². The van der Waals surface area contributed by atoms with Crippen LogP contribution in [0.25, 0.3) is 0 Å². The Balaban J connectivity index is 4.12. The number of hydrogen-bond acceptors (Lipinski definition) is 4. The summed E-state index contributed by atoms with van der Waals surface area (Å²) in [5, 5.41) is 11.1. The van der Waals surface area contributed by atoms with Crippen LogP contribution < -0.4 is 5.32 Å². The predicted octanol–water partition coefficient (Wildman–Crippen LogP) is -1.23. The van der Waals surface area contributed by atoms with Crippen LogP contribution in [0, 0.1) is 0 Å². The third kappa shape index (κ3) is 5.71. The van der Waals surface area contributed by atoms with Crippen molar-refractivity contribution in [2.24, 2.45) is 0 Å². The molecule has 0 saturated heterocycles. The minimum atomic E-state index is -3.51. The maximum absolute atomic E-state index is 11.3. The Hall–Kier alpha value is -0.660. The summed E-state index contributed by atoms with van der Waals surface area (Å²) in [6, 6.07) is 0. The third-order valence-electron chi connectivity index (χ3n) is 1.76. The van der Waals surface area contributed by atoms with E-state index in [4.69, 9.17) is 5.11 Å². The van der Waals surface area contributed by atoms with Crippen molar-refractivity contribution < 1.29 is 18.3 Å². The molecular formula is C8H18N2O4S. The van der Waals surface area contributed by atoms with Crippen LogP contribution >= 0.6 is 0 Å². The number of sulfonamides is 1. The van der Waals surface area contributed by atoms with Gasteiger partial charge < -0.3 is 10.4 Å². The van der Waals surface area contributed by atoms with E-state index >= 15 is 0 Å². The highest BCUT2D eigenvalue weighted by Crippen LogP contribution is 1.96. The largest absolute Gasteiger partial charge is 0.395 e. The molecule has 2 N–H and O–H groups in total. The molecule has 0 spiro atoms. The van der Waals surface area contributed by atoms with Crippen LogP contribution in [0.15, 0.2) is 0 Å². The second-order valence-corrected chi connectivity index (χ2v) is 5.34. The molecule has 7 heteroatoms. The zero-order valence-corrected chi connectivity index (χ0v) is 9.88. The SMILES string of the molecule is CCCNC(=O)CN(C)S(=O)(=O)CCO. The van der Waals surface area contributed by atoms with E-state index in [1.54, 1.807) is 0 Å². The highest BCUT2D eigenvalue weighted by Gasteiger charge is 2.19. The summed E-state index contributed by atoms with van der Waals surface area (Å²) in [5.74, 6) is -0.689. The molecule has 0 atom stereocenters. The molecule has 0 aliphatic carbocycles. The first-order valence-electron chi connectivity index (χ1n) is 4.75. The van der Waals surface area contributed by atoms with Crippen LogP contribution in [0.4, 0.5) is 0 Å². The van der Waals surface area contributed by atoms with Crippen molar-refractivity contribution in [3.05, 3.63) is 0 Å². The summed E-state index contributed by atoms with van der Waals surface area (Å²) >= 11 is 0. The number of aliphatic hydroxyl groups excluding tert-OH is 1. The van der Waals surface area contributed by atoms with Gasteiger partial charge in [-0.25, -0.2) is 8.42 Å². The monoisotopic (exact) mass is 238 g/mol. The van der Waals surface area contributed by atoms with Crippen molar-refractivity contribution >= 4 is 15.9 Å². The molecule has 0 fully saturated rings.